The Labute approximate surface area is 93.3 Å². The van der Waals surface area contributed by atoms with Gasteiger partial charge in [0.2, 0.25) is 0 Å². The molecule has 1 saturated heterocycles. The maximum Gasteiger partial charge on any atom is 0.0502 e. The number of nitrogens with zero attached hydrogens (tertiary/aromatic N) is 1. The number of rotatable bonds is 1. The van der Waals surface area contributed by atoms with E-state index in [4.69, 9.17) is 0 Å². The Hall–Kier alpha value is -0.250. The van der Waals surface area contributed by atoms with Crippen LogP contribution in [0.15, 0.2) is 24.3 Å². The lowest BCUT2D eigenvalue weighted by Gasteiger charge is -2.47. The Bertz CT molecular complexity index is 312. The van der Waals surface area contributed by atoms with Gasteiger partial charge in [-0.05, 0) is 40.1 Å². The summed E-state index contributed by atoms with van der Waals surface area (Å²) in [5.41, 5.74) is 1.90. The van der Waals surface area contributed by atoms with Crippen LogP contribution in [0, 0.1) is 8.99 Å². The lowest BCUT2D eigenvalue weighted by molar-refractivity contribution is 0.276. The van der Waals surface area contributed by atoms with Gasteiger partial charge < -0.3 is 4.90 Å². The molecular weight excluding hydrogens is 273 g/mol. The first-order chi connectivity index (χ1) is 6.08. The molecule has 0 radical (unpaired) electrons. The zero-order chi connectivity index (χ0) is 9.47. The van der Waals surface area contributed by atoms with E-state index in [0.717, 1.165) is 0 Å². The minimum atomic E-state index is 0.513. The van der Waals surface area contributed by atoms with Crippen molar-refractivity contribution in [2.24, 2.45) is 5.41 Å². The highest BCUT2D eigenvalue weighted by Crippen LogP contribution is 2.35. The number of benzene rings is 1. The Kier molecular flexibility index (Phi) is 2.26. The van der Waals surface area contributed by atoms with Gasteiger partial charge in [0.25, 0.3) is 0 Å². The van der Waals surface area contributed by atoms with Crippen LogP contribution in [-0.4, -0.2) is 13.1 Å². The van der Waals surface area contributed by atoms with E-state index in [0.29, 0.717) is 5.41 Å². The van der Waals surface area contributed by atoms with Gasteiger partial charge in [-0.2, -0.15) is 0 Å². The van der Waals surface area contributed by atoms with E-state index in [1.54, 1.807) is 0 Å². The summed E-state index contributed by atoms with van der Waals surface area (Å²) in [7, 11) is 0. The van der Waals surface area contributed by atoms with Crippen LogP contribution >= 0.6 is 22.6 Å². The van der Waals surface area contributed by atoms with Gasteiger partial charge in [0.1, 0.15) is 0 Å². The molecule has 1 aliphatic heterocycles. The van der Waals surface area contributed by atoms with Crippen molar-refractivity contribution in [3.63, 3.8) is 0 Å². The third kappa shape index (κ3) is 1.82. The second kappa shape index (κ2) is 3.15. The van der Waals surface area contributed by atoms with Crippen molar-refractivity contribution in [2.75, 3.05) is 18.0 Å². The van der Waals surface area contributed by atoms with E-state index >= 15 is 0 Å². The monoisotopic (exact) mass is 287 g/mol. The summed E-state index contributed by atoms with van der Waals surface area (Å²) in [6.45, 7) is 7.01. The smallest absolute Gasteiger partial charge is 0.0502 e. The van der Waals surface area contributed by atoms with Crippen LogP contribution in [-0.2, 0) is 0 Å². The summed E-state index contributed by atoms with van der Waals surface area (Å²) in [4.78, 5) is 2.45. The highest BCUT2D eigenvalue weighted by Gasteiger charge is 2.34. The van der Waals surface area contributed by atoms with Crippen LogP contribution in [0.3, 0.4) is 0 Å². The van der Waals surface area contributed by atoms with Crippen LogP contribution in [0.4, 0.5) is 5.69 Å². The van der Waals surface area contributed by atoms with Crippen LogP contribution in [0.2, 0.25) is 0 Å². The molecule has 13 heavy (non-hydrogen) atoms. The fourth-order valence-electron chi connectivity index (χ4n) is 1.87. The number of halogens is 1. The molecule has 0 bridgehead atoms. The molecule has 0 spiro atoms. The fraction of sp³-hybridized carbons (Fsp3) is 0.455. The summed E-state index contributed by atoms with van der Waals surface area (Å²) >= 11 is 2.40. The van der Waals surface area contributed by atoms with E-state index < -0.39 is 0 Å². The van der Waals surface area contributed by atoms with Gasteiger partial charge in [-0.15, -0.1) is 0 Å². The number of hydrogen-bond acceptors (Lipinski definition) is 1. The summed E-state index contributed by atoms with van der Waals surface area (Å²) in [6, 6.07) is 8.58. The second-order valence-corrected chi connectivity index (χ2v) is 5.63. The molecular formula is C11H14IN. The standard InChI is InChI=1S/C11H14IN/c1-11(2)7-13(8-11)10-6-4-3-5-9(10)12/h3-6H,7-8H2,1-2H3. The van der Waals surface area contributed by atoms with Crippen molar-refractivity contribution in [3.05, 3.63) is 27.8 Å². The molecule has 70 valence electrons. The minimum absolute atomic E-state index is 0.513. The Balaban J connectivity index is 2.16. The molecule has 1 nitrogen and oxygen atoms in total. The van der Waals surface area contributed by atoms with Crippen molar-refractivity contribution in [3.8, 4) is 0 Å². The Morgan fingerprint density at radius 1 is 1.23 bits per heavy atom. The summed E-state index contributed by atoms with van der Waals surface area (Å²) in [5.74, 6) is 0. The second-order valence-electron chi connectivity index (χ2n) is 4.47. The summed E-state index contributed by atoms with van der Waals surface area (Å²) in [6.07, 6.45) is 0. The minimum Gasteiger partial charge on any atom is -0.369 e. The molecule has 1 fully saturated rings. The normalized spacial score (nSPS) is 19.8. The van der Waals surface area contributed by atoms with Gasteiger partial charge in [0.15, 0.2) is 0 Å². The van der Waals surface area contributed by atoms with E-state index in [1.807, 2.05) is 0 Å². The molecule has 0 saturated carbocycles. The van der Waals surface area contributed by atoms with Gasteiger partial charge in [-0.25, -0.2) is 0 Å². The van der Waals surface area contributed by atoms with E-state index in [9.17, 15) is 0 Å². The molecule has 1 aliphatic rings. The third-order valence-corrected chi connectivity index (χ3v) is 3.34. The van der Waals surface area contributed by atoms with Gasteiger partial charge >= 0.3 is 0 Å². The van der Waals surface area contributed by atoms with Gasteiger partial charge in [0.05, 0.1) is 5.69 Å². The zero-order valence-electron chi connectivity index (χ0n) is 8.05. The lowest BCUT2D eigenvalue weighted by atomic mass is 9.84. The molecule has 0 aliphatic carbocycles. The summed E-state index contributed by atoms with van der Waals surface area (Å²) < 4.78 is 1.36. The molecule has 0 aromatic heterocycles. The van der Waals surface area contributed by atoms with Gasteiger partial charge in [0, 0.05) is 16.7 Å². The van der Waals surface area contributed by atoms with E-state index in [2.05, 4.69) is 65.6 Å². The molecule has 0 N–H and O–H groups in total. The molecule has 0 unspecified atom stereocenters. The number of anilines is 1. The van der Waals surface area contributed by atoms with Crippen LogP contribution in [0.5, 0.6) is 0 Å². The van der Waals surface area contributed by atoms with Crippen LogP contribution in [0.25, 0.3) is 0 Å². The van der Waals surface area contributed by atoms with Crippen molar-refractivity contribution in [1.29, 1.82) is 0 Å². The highest BCUT2D eigenvalue weighted by molar-refractivity contribution is 14.1. The maximum atomic E-state index is 2.45. The first-order valence-electron chi connectivity index (χ1n) is 4.58. The quantitative estimate of drug-likeness (QED) is 0.717. The molecule has 2 heteroatoms. The van der Waals surface area contributed by atoms with Crippen molar-refractivity contribution in [2.45, 2.75) is 13.8 Å². The predicted octanol–water partition coefficient (Wildman–Crippen LogP) is 3.14. The lowest BCUT2D eigenvalue weighted by Crippen LogP contribution is -2.53. The molecule has 0 atom stereocenters. The average molecular weight is 287 g/mol. The first-order valence-corrected chi connectivity index (χ1v) is 5.66. The van der Waals surface area contributed by atoms with Crippen molar-refractivity contribution in [1.82, 2.24) is 0 Å². The van der Waals surface area contributed by atoms with E-state index in [-0.39, 0.29) is 0 Å². The van der Waals surface area contributed by atoms with Crippen molar-refractivity contribution < 1.29 is 0 Å². The van der Waals surface area contributed by atoms with E-state index in [1.165, 1.54) is 22.3 Å². The Morgan fingerprint density at radius 2 is 1.85 bits per heavy atom. The SMILES string of the molecule is CC1(C)CN(c2ccccc2I)C1. The molecule has 1 aromatic rings. The van der Waals surface area contributed by atoms with Gasteiger partial charge in [-0.1, -0.05) is 26.0 Å². The third-order valence-electron chi connectivity index (χ3n) is 2.43. The van der Waals surface area contributed by atoms with Crippen LogP contribution in [0.1, 0.15) is 13.8 Å². The largest absolute Gasteiger partial charge is 0.369 e. The zero-order valence-corrected chi connectivity index (χ0v) is 10.2. The fourth-order valence-corrected chi connectivity index (χ4v) is 2.59. The summed E-state index contributed by atoms with van der Waals surface area (Å²) in [5, 5.41) is 0. The van der Waals surface area contributed by atoms with Crippen molar-refractivity contribution >= 4 is 28.3 Å². The Morgan fingerprint density at radius 3 is 2.38 bits per heavy atom. The number of hydrogen-bond donors (Lipinski definition) is 0. The molecule has 1 aromatic carbocycles. The molecule has 0 amide bonds. The molecule has 2 rings (SSSR count). The highest BCUT2D eigenvalue weighted by atomic mass is 127. The number of para-hydroxylation sites is 1. The first kappa shape index (κ1) is 9.31. The topological polar surface area (TPSA) is 3.24 Å². The average Bonchev–Trinajstić information content (AvgIpc) is 2.01. The predicted molar refractivity (Wildman–Crippen MR) is 65.2 cm³/mol. The van der Waals surface area contributed by atoms with Gasteiger partial charge in [-0.3, -0.25) is 0 Å². The maximum absolute atomic E-state index is 2.45. The van der Waals surface area contributed by atoms with Crippen LogP contribution < -0.4 is 4.90 Å². The molecule has 1 heterocycles.